The maximum atomic E-state index is 12.1. The van der Waals surface area contributed by atoms with E-state index in [-0.39, 0.29) is 12.0 Å². The van der Waals surface area contributed by atoms with E-state index >= 15 is 0 Å². The summed E-state index contributed by atoms with van der Waals surface area (Å²) in [6, 6.07) is 8.52. The molecular weight excluding hydrogens is 304 g/mol. The number of ether oxygens (including phenoxy) is 1. The van der Waals surface area contributed by atoms with E-state index in [2.05, 4.69) is 34.7 Å². The number of nitrogens with zero attached hydrogens (tertiary/aromatic N) is 1. The van der Waals surface area contributed by atoms with Crippen molar-refractivity contribution in [1.82, 2.24) is 10.5 Å². The smallest absolute Gasteiger partial charge is 0.256 e. The first-order valence-corrected chi connectivity index (χ1v) is 8.57. The van der Waals surface area contributed by atoms with Crippen molar-refractivity contribution in [3.05, 3.63) is 52.4 Å². The highest BCUT2D eigenvalue weighted by molar-refractivity contribution is 5.96. The van der Waals surface area contributed by atoms with Crippen LogP contribution in [0.25, 0.3) is 0 Å². The van der Waals surface area contributed by atoms with Crippen molar-refractivity contribution in [2.45, 2.75) is 45.6 Å². The van der Waals surface area contributed by atoms with Crippen LogP contribution in [0.15, 0.2) is 28.8 Å². The van der Waals surface area contributed by atoms with Crippen molar-refractivity contribution in [3.8, 4) is 0 Å². The van der Waals surface area contributed by atoms with Gasteiger partial charge in [0, 0.05) is 13.2 Å². The van der Waals surface area contributed by atoms with Gasteiger partial charge in [0.15, 0.2) is 0 Å². The molecule has 0 unspecified atom stereocenters. The van der Waals surface area contributed by atoms with E-state index in [1.165, 1.54) is 17.5 Å². The average Bonchev–Trinajstić information content (AvgIpc) is 2.93. The number of aromatic nitrogens is 1. The van der Waals surface area contributed by atoms with Gasteiger partial charge in [0.2, 0.25) is 0 Å². The molecular formula is C19H24N2O3. The van der Waals surface area contributed by atoms with Crippen molar-refractivity contribution >= 4 is 5.91 Å². The molecule has 24 heavy (non-hydrogen) atoms. The summed E-state index contributed by atoms with van der Waals surface area (Å²) in [4.78, 5) is 12.1. The third kappa shape index (κ3) is 3.67. The minimum atomic E-state index is -0.130. The average molecular weight is 328 g/mol. The predicted octanol–water partition coefficient (Wildman–Crippen LogP) is 3.51. The molecule has 0 fully saturated rings. The number of aryl methyl sites for hydroxylation is 3. The number of hydrogen-bond donors (Lipinski definition) is 1. The molecule has 0 saturated carbocycles. The molecule has 0 saturated heterocycles. The summed E-state index contributed by atoms with van der Waals surface area (Å²) in [6.07, 6.45) is 4.36. The van der Waals surface area contributed by atoms with Gasteiger partial charge >= 0.3 is 0 Å². The van der Waals surface area contributed by atoms with Crippen LogP contribution in [0.2, 0.25) is 0 Å². The standard InChI is InChI=1S/C19H24N2O3/c1-13-18(14(2)24-21-13)19(22)20-11-6-12-23-17-10-5-8-15-7-3-4-9-16(15)17/h3-4,7,9,17H,5-6,8,10-12H2,1-2H3,(H,20,22)/t17-/m0/s1. The lowest BCUT2D eigenvalue weighted by Gasteiger charge is -2.25. The summed E-state index contributed by atoms with van der Waals surface area (Å²) in [6.45, 7) is 4.74. The Balaban J connectivity index is 1.43. The van der Waals surface area contributed by atoms with Crippen LogP contribution in [-0.4, -0.2) is 24.2 Å². The molecule has 5 heteroatoms. The molecule has 1 atom stereocenters. The van der Waals surface area contributed by atoms with Gasteiger partial charge in [-0.1, -0.05) is 29.4 Å². The number of rotatable bonds is 6. The second kappa shape index (κ2) is 7.62. The highest BCUT2D eigenvalue weighted by atomic mass is 16.5. The molecule has 5 nitrogen and oxygen atoms in total. The van der Waals surface area contributed by atoms with Crippen LogP contribution in [0.5, 0.6) is 0 Å². The monoisotopic (exact) mass is 328 g/mol. The first-order chi connectivity index (χ1) is 11.7. The van der Waals surface area contributed by atoms with Crippen LogP contribution >= 0.6 is 0 Å². The summed E-state index contributed by atoms with van der Waals surface area (Å²) in [7, 11) is 0. The molecule has 2 aromatic rings. The van der Waals surface area contributed by atoms with Gasteiger partial charge in [-0.25, -0.2) is 0 Å². The lowest BCUT2D eigenvalue weighted by molar-refractivity contribution is 0.0393. The Hall–Kier alpha value is -2.14. The molecule has 1 aromatic heterocycles. The molecule has 1 amide bonds. The van der Waals surface area contributed by atoms with Crippen molar-refractivity contribution in [3.63, 3.8) is 0 Å². The Morgan fingerprint density at radius 3 is 3.00 bits per heavy atom. The summed E-state index contributed by atoms with van der Waals surface area (Å²) < 4.78 is 11.1. The molecule has 1 aliphatic carbocycles. The van der Waals surface area contributed by atoms with Crippen LogP contribution in [0.1, 0.15) is 58.3 Å². The molecule has 1 aliphatic rings. The third-order valence-electron chi connectivity index (χ3n) is 4.50. The quantitative estimate of drug-likeness (QED) is 0.824. The second-order valence-corrected chi connectivity index (χ2v) is 6.26. The van der Waals surface area contributed by atoms with Crippen LogP contribution in [0, 0.1) is 13.8 Å². The Kier molecular flexibility index (Phi) is 5.30. The lowest BCUT2D eigenvalue weighted by Crippen LogP contribution is -2.26. The topological polar surface area (TPSA) is 64.4 Å². The van der Waals surface area contributed by atoms with Crippen molar-refractivity contribution in [2.75, 3.05) is 13.2 Å². The zero-order chi connectivity index (χ0) is 16.9. The number of hydrogen-bond acceptors (Lipinski definition) is 4. The van der Waals surface area contributed by atoms with Crippen molar-refractivity contribution < 1.29 is 14.1 Å². The Bertz CT molecular complexity index is 689. The first kappa shape index (κ1) is 16.7. The lowest BCUT2D eigenvalue weighted by atomic mass is 9.89. The number of carbonyl (C=O) groups is 1. The van der Waals surface area contributed by atoms with E-state index in [0.717, 1.165) is 19.3 Å². The Morgan fingerprint density at radius 1 is 1.38 bits per heavy atom. The van der Waals surface area contributed by atoms with Gasteiger partial charge in [-0.3, -0.25) is 4.79 Å². The summed E-state index contributed by atoms with van der Waals surface area (Å²) in [5.41, 5.74) is 3.89. The summed E-state index contributed by atoms with van der Waals surface area (Å²) >= 11 is 0. The third-order valence-corrected chi connectivity index (χ3v) is 4.50. The van der Waals surface area contributed by atoms with Gasteiger partial charge in [0.1, 0.15) is 11.3 Å². The van der Waals surface area contributed by atoms with Gasteiger partial charge in [0.05, 0.1) is 11.8 Å². The first-order valence-electron chi connectivity index (χ1n) is 8.57. The van der Waals surface area contributed by atoms with E-state index in [0.29, 0.717) is 30.2 Å². The largest absolute Gasteiger partial charge is 0.373 e. The van der Waals surface area contributed by atoms with Crippen LogP contribution in [0.3, 0.4) is 0 Å². The fourth-order valence-electron chi connectivity index (χ4n) is 3.28. The van der Waals surface area contributed by atoms with E-state index in [4.69, 9.17) is 9.26 Å². The van der Waals surface area contributed by atoms with E-state index in [9.17, 15) is 4.79 Å². The molecule has 0 bridgehead atoms. The van der Waals surface area contributed by atoms with E-state index < -0.39 is 0 Å². The number of amides is 1. The molecule has 128 valence electrons. The summed E-state index contributed by atoms with van der Waals surface area (Å²) in [5.74, 6) is 0.425. The zero-order valence-corrected chi connectivity index (χ0v) is 14.3. The van der Waals surface area contributed by atoms with Crippen LogP contribution in [0.4, 0.5) is 0 Å². The molecule has 0 aliphatic heterocycles. The SMILES string of the molecule is Cc1noc(C)c1C(=O)NCCCO[C@H]1CCCc2ccccc21. The van der Waals surface area contributed by atoms with Gasteiger partial charge in [-0.05, 0) is 50.7 Å². The fourth-order valence-corrected chi connectivity index (χ4v) is 3.28. The Labute approximate surface area is 142 Å². The number of fused-ring (bicyclic) bond motifs is 1. The van der Waals surface area contributed by atoms with Gasteiger partial charge in [0.25, 0.3) is 5.91 Å². The zero-order valence-electron chi connectivity index (χ0n) is 14.3. The predicted molar refractivity (Wildman–Crippen MR) is 91.0 cm³/mol. The minimum absolute atomic E-state index is 0.130. The van der Waals surface area contributed by atoms with Crippen molar-refractivity contribution in [1.29, 1.82) is 0 Å². The number of carbonyl (C=O) groups excluding carboxylic acids is 1. The van der Waals surface area contributed by atoms with Gasteiger partial charge in [-0.15, -0.1) is 0 Å². The second-order valence-electron chi connectivity index (χ2n) is 6.26. The van der Waals surface area contributed by atoms with E-state index in [1.54, 1.807) is 13.8 Å². The normalized spacial score (nSPS) is 16.7. The molecule has 1 aromatic carbocycles. The molecule has 0 radical (unpaired) electrons. The number of benzene rings is 1. The maximum Gasteiger partial charge on any atom is 0.256 e. The molecule has 1 N–H and O–H groups in total. The minimum Gasteiger partial charge on any atom is -0.373 e. The van der Waals surface area contributed by atoms with Crippen molar-refractivity contribution in [2.24, 2.45) is 0 Å². The summed E-state index contributed by atoms with van der Waals surface area (Å²) in [5, 5.41) is 6.71. The van der Waals surface area contributed by atoms with Gasteiger partial charge < -0.3 is 14.6 Å². The molecule has 3 rings (SSSR count). The van der Waals surface area contributed by atoms with E-state index in [1.807, 2.05) is 0 Å². The van der Waals surface area contributed by atoms with Crippen LogP contribution in [-0.2, 0) is 11.2 Å². The highest BCUT2D eigenvalue weighted by Gasteiger charge is 2.20. The maximum absolute atomic E-state index is 12.1. The van der Waals surface area contributed by atoms with Gasteiger partial charge in [-0.2, -0.15) is 0 Å². The number of nitrogens with one attached hydrogen (secondary N) is 1. The molecule has 1 heterocycles. The Morgan fingerprint density at radius 2 is 2.21 bits per heavy atom. The molecule has 0 spiro atoms. The van der Waals surface area contributed by atoms with Crippen LogP contribution < -0.4 is 5.32 Å². The highest BCUT2D eigenvalue weighted by Crippen LogP contribution is 2.32. The fraction of sp³-hybridized carbons (Fsp3) is 0.474.